The first kappa shape index (κ1) is 12.0. The maximum absolute atomic E-state index is 12.0. The van der Waals surface area contributed by atoms with Crippen molar-refractivity contribution in [2.75, 3.05) is 0 Å². The molecule has 0 spiro atoms. The number of hydrogen-bond donors (Lipinski definition) is 1. The first-order valence-corrected chi connectivity index (χ1v) is 6.53. The van der Waals surface area contributed by atoms with Gasteiger partial charge < -0.3 is 9.72 Å². The Labute approximate surface area is 111 Å². The summed E-state index contributed by atoms with van der Waals surface area (Å²) < 4.78 is 5.84. The van der Waals surface area contributed by atoms with Crippen LogP contribution in [-0.4, -0.2) is 9.97 Å². The van der Waals surface area contributed by atoms with Gasteiger partial charge in [0.2, 0.25) is 0 Å². The van der Waals surface area contributed by atoms with Crippen molar-refractivity contribution in [3.8, 4) is 5.75 Å². The predicted molar refractivity (Wildman–Crippen MR) is 72.5 cm³/mol. The number of ether oxygens (including phenoxy) is 1. The quantitative estimate of drug-likeness (QED) is 0.897. The predicted octanol–water partition coefficient (Wildman–Crippen LogP) is 2.32. The first-order valence-electron chi connectivity index (χ1n) is 6.53. The number of aryl methyl sites for hydroxylation is 1. The van der Waals surface area contributed by atoms with E-state index in [9.17, 15) is 4.79 Å². The maximum Gasteiger partial charge on any atom is 0.254 e. The Kier molecular flexibility index (Phi) is 2.85. The molecule has 4 nitrogen and oxygen atoms in total. The summed E-state index contributed by atoms with van der Waals surface area (Å²) >= 11 is 0. The molecule has 1 unspecified atom stereocenters. The standard InChI is InChI=1S/C15H16N2O2/c1-3-11-9(2)16-14(17-15(11)18)13-8-10-6-4-5-7-12(10)19-13/h4-7,13H,3,8H2,1-2H3,(H,16,17,18). The second kappa shape index (κ2) is 4.53. The van der Waals surface area contributed by atoms with Gasteiger partial charge in [-0.05, 0) is 25.0 Å². The van der Waals surface area contributed by atoms with Gasteiger partial charge in [0.15, 0.2) is 11.9 Å². The normalized spacial score (nSPS) is 17.1. The van der Waals surface area contributed by atoms with E-state index in [-0.39, 0.29) is 11.7 Å². The number of para-hydroxylation sites is 1. The van der Waals surface area contributed by atoms with Gasteiger partial charge in [0.05, 0.1) is 0 Å². The Hall–Kier alpha value is -2.10. The topological polar surface area (TPSA) is 55.0 Å². The zero-order valence-electron chi connectivity index (χ0n) is 11.1. The highest BCUT2D eigenvalue weighted by Gasteiger charge is 2.26. The van der Waals surface area contributed by atoms with E-state index in [0.717, 1.165) is 29.0 Å². The summed E-state index contributed by atoms with van der Waals surface area (Å²) in [6.45, 7) is 3.83. The Morgan fingerprint density at radius 1 is 1.42 bits per heavy atom. The van der Waals surface area contributed by atoms with Crippen LogP contribution in [0, 0.1) is 6.92 Å². The summed E-state index contributed by atoms with van der Waals surface area (Å²) in [6, 6.07) is 7.93. The molecule has 0 fully saturated rings. The fraction of sp³-hybridized carbons (Fsp3) is 0.333. The van der Waals surface area contributed by atoms with E-state index in [0.29, 0.717) is 12.2 Å². The molecule has 0 radical (unpaired) electrons. The monoisotopic (exact) mass is 256 g/mol. The minimum atomic E-state index is -0.185. The van der Waals surface area contributed by atoms with Crippen molar-refractivity contribution in [3.63, 3.8) is 0 Å². The van der Waals surface area contributed by atoms with E-state index in [1.807, 2.05) is 38.1 Å². The number of H-pyrrole nitrogens is 1. The van der Waals surface area contributed by atoms with Crippen LogP contribution in [0.15, 0.2) is 29.1 Å². The zero-order chi connectivity index (χ0) is 13.4. The highest BCUT2D eigenvalue weighted by molar-refractivity contribution is 5.38. The smallest absolute Gasteiger partial charge is 0.254 e. The van der Waals surface area contributed by atoms with E-state index in [4.69, 9.17) is 4.74 Å². The molecule has 0 aliphatic carbocycles. The van der Waals surface area contributed by atoms with Crippen LogP contribution in [0.3, 0.4) is 0 Å². The van der Waals surface area contributed by atoms with Crippen LogP contribution >= 0.6 is 0 Å². The highest BCUT2D eigenvalue weighted by atomic mass is 16.5. The number of fused-ring (bicyclic) bond motifs is 1. The molecule has 1 aromatic carbocycles. The van der Waals surface area contributed by atoms with Crippen molar-refractivity contribution in [3.05, 3.63) is 57.3 Å². The van der Waals surface area contributed by atoms with Crippen LogP contribution in [0.4, 0.5) is 0 Å². The average molecular weight is 256 g/mol. The van der Waals surface area contributed by atoms with Crippen molar-refractivity contribution < 1.29 is 4.74 Å². The largest absolute Gasteiger partial charge is 0.482 e. The summed E-state index contributed by atoms with van der Waals surface area (Å²) in [5.74, 6) is 1.50. The maximum atomic E-state index is 12.0. The van der Waals surface area contributed by atoms with Gasteiger partial charge in [-0.15, -0.1) is 0 Å². The van der Waals surface area contributed by atoms with Gasteiger partial charge in [0.1, 0.15) is 5.75 Å². The lowest BCUT2D eigenvalue weighted by atomic mass is 10.1. The summed E-state index contributed by atoms with van der Waals surface area (Å²) in [4.78, 5) is 19.3. The molecule has 0 saturated carbocycles. The van der Waals surface area contributed by atoms with Crippen LogP contribution in [0.5, 0.6) is 5.75 Å². The number of nitrogens with zero attached hydrogens (tertiary/aromatic N) is 1. The highest BCUT2D eigenvalue weighted by Crippen LogP contribution is 2.34. The Morgan fingerprint density at radius 2 is 2.21 bits per heavy atom. The number of aromatic nitrogens is 2. The molecule has 1 aliphatic rings. The molecule has 0 saturated heterocycles. The van der Waals surface area contributed by atoms with Gasteiger partial charge >= 0.3 is 0 Å². The van der Waals surface area contributed by atoms with Crippen molar-refractivity contribution in [1.29, 1.82) is 0 Å². The second-order valence-corrected chi connectivity index (χ2v) is 4.79. The zero-order valence-corrected chi connectivity index (χ0v) is 11.1. The number of aromatic amines is 1. The Bertz CT molecular complexity index is 651. The summed E-state index contributed by atoms with van der Waals surface area (Å²) in [5, 5.41) is 0. The molecule has 98 valence electrons. The lowest BCUT2D eigenvalue weighted by molar-refractivity contribution is 0.226. The van der Waals surface area contributed by atoms with E-state index in [2.05, 4.69) is 9.97 Å². The van der Waals surface area contributed by atoms with Crippen LogP contribution < -0.4 is 10.3 Å². The third-order valence-corrected chi connectivity index (χ3v) is 3.55. The minimum absolute atomic E-state index is 0.0513. The van der Waals surface area contributed by atoms with Crippen molar-refractivity contribution in [1.82, 2.24) is 9.97 Å². The molecular weight excluding hydrogens is 240 g/mol. The summed E-state index contributed by atoms with van der Waals surface area (Å²) in [6.07, 6.45) is 1.26. The number of rotatable bonds is 2. The molecule has 1 aliphatic heterocycles. The lowest BCUT2D eigenvalue weighted by Gasteiger charge is -2.11. The molecule has 19 heavy (non-hydrogen) atoms. The molecule has 1 aromatic heterocycles. The van der Waals surface area contributed by atoms with Crippen molar-refractivity contribution in [2.45, 2.75) is 32.8 Å². The summed E-state index contributed by atoms with van der Waals surface area (Å²) in [7, 11) is 0. The van der Waals surface area contributed by atoms with E-state index < -0.39 is 0 Å². The first-order chi connectivity index (χ1) is 9.19. The molecule has 2 aromatic rings. The van der Waals surface area contributed by atoms with Gasteiger partial charge in [-0.3, -0.25) is 4.79 Å². The molecule has 3 rings (SSSR count). The molecule has 0 bridgehead atoms. The van der Waals surface area contributed by atoms with Gasteiger partial charge in [-0.1, -0.05) is 25.1 Å². The van der Waals surface area contributed by atoms with E-state index >= 15 is 0 Å². The van der Waals surface area contributed by atoms with Crippen molar-refractivity contribution in [2.24, 2.45) is 0 Å². The van der Waals surface area contributed by atoms with Gasteiger partial charge in [-0.2, -0.15) is 0 Å². The van der Waals surface area contributed by atoms with Crippen LogP contribution in [-0.2, 0) is 12.8 Å². The molecule has 2 heterocycles. The van der Waals surface area contributed by atoms with Crippen LogP contribution in [0.2, 0.25) is 0 Å². The SMILES string of the molecule is CCc1c(C)nc(C2Cc3ccccc3O2)[nH]c1=O. The minimum Gasteiger partial charge on any atom is -0.482 e. The number of hydrogen-bond acceptors (Lipinski definition) is 3. The van der Waals surface area contributed by atoms with Crippen LogP contribution in [0.1, 0.15) is 35.7 Å². The van der Waals surface area contributed by atoms with Crippen molar-refractivity contribution >= 4 is 0 Å². The lowest BCUT2D eigenvalue weighted by Crippen LogP contribution is -2.21. The third-order valence-electron chi connectivity index (χ3n) is 3.55. The fourth-order valence-electron chi connectivity index (χ4n) is 2.54. The van der Waals surface area contributed by atoms with Gasteiger partial charge in [-0.25, -0.2) is 4.98 Å². The molecule has 1 N–H and O–H groups in total. The van der Waals surface area contributed by atoms with E-state index in [1.54, 1.807) is 0 Å². The molecular formula is C15H16N2O2. The average Bonchev–Trinajstić information content (AvgIpc) is 2.82. The second-order valence-electron chi connectivity index (χ2n) is 4.79. The van der Waals surface area contributed by atoms with E-state index in [1.165, 1.54) is 0 Å². The van der Waals surface area contributed by atoms with Gasteiger partial charge in [0.25, 0.3) is 5.56 Å². The Balaban J connectivity index is 1.96. The number of nitrogens with one attached hydrogen (secondary N) is 1. The fourth-order valence-corrected chi connectivity index (χ4v) is 2.54. The molecule has 1 atom stereocenters. The van der Waals surface area contributed by atoms with Crippen LogP contribution in [0.25, 0.3) is 0 Å². The molecule has 0 amide bonds. The number of benzene rings is 1. The Morgan fingerprint density at radius 3 is 2.89 bits per heavy atom. The third kappa shape index (κ3) is 2.03. The molecule has 4 heteroatoms. The summed E-state index contributed by atoms with van der Waals surface area (Å²) in [5.41, 5.74) is 2.65. The van der Waals surface area contributed by atoms with Gasteiger partial charge in [0, 0.05) is 17.7 Å².